The summed E-state index contributed by atoms with van der Waals surface area (Å²) >= 11 is 0. The maximum absolute atomic E-state index is 12.2. The number of rotatable bonds is 5. The number of aliphatic hydroxyl groups is 1. The van der Waals surface area contributed by atoms with Gasteiger partial charge in [0.15, 0.2) is 5.69 Å². The van der Waals surface area contributed by atoms with Crippen LogP contribution in [-0.4, -0.2) is 47.6 Å². The second-order valence-electron chi connectivity index (χ2n) is 4.26. The van der Waals surface area contributed by atoms with Crippen molar-refractivity contribution in [3.8, 4) is 0 Å². The van der Waals surface area contributed by atoms with Crippen LogP contribution in [0.4, 0.5) is 0 Å². The van der Waals surface area contributed by atoms with Gasteiger partial charge >= 0.3 is 0 Å². The van der Waals surface area contributed by atoms with Crippen molar-refractivity contribution in [1.29, 1.82) is 0 Å². The Bertz CT molecular complexity index is 668. The number of H-pyrrole nitrogens is 1. The first kappa shape index (κ1) is 14.2. The first-order chi connectivity index (χ1) is 9.67. The zero-order valence-corrected chi connectivity index (χ0v) is 10.9. The number of carbonyl (C=O) groups is 1. The molecule has 7 nitrogen and oxygen atoms in total. The van der Waals surface area contributed by atoms with Gasteiger partial charge in [0, 0.05) is 12.5 Å². The Hall–Kier alpha value is -2.25. The zero-order valence-electron chi connectivity index (χ0n) is 10.9. The van der Waals surface area contributed by atoms with Gasteiger partial charge in [-0.15, -0.1) is 0 Å². The highest BCUT2D eigenvalue weighted by Crippen LogP contribution is 2.12. The molecule has 0 spiro atoms. The average molecular weight is 277 g/mol. The van der Waals surface area contributed by atoms with E-state index in [9.17, 15) is 9.59 Å². The molecule has 0 aliphatic rings. The Balaban J connectivity index is 2.35. The number of methoxy groups -OCH3 is 1. The summed E-state index contributed by atoms with van der Waals surface area (Å²) < 4.78 is 4.89. The molecule has 0 saturated carbocycles. The number of hydrogen-bond donors (Lipinski definition) is 3. The topological polar surface area (TPSA) is 104 Å². The van der Waals surface area contributed by atoms with Crippen LogP contribution in [0.25, 0.3) is 10.8 Å². The number of fused-ring (bicyclic) bond motifs is 1. The van der Waals surface area contributed by atoms with Gasteiger partial charge in [-0.05, 0) is 6.07 Å². The maximum Gasteiger partial charge on any atom is 0.272 e. The van der Waals surface area contributed by atoms with Gasteiger partial charge in [-0.1, -0.05) is 18.2 Å². The van der Waals surface area contributed by atoms with Crippen molar-refractivity contribution in [3.05, 3.63) is 40.3 Å². The molecule has 0 aliphatic heterocycles. The number of amides is 1. The van der Waals surface area contributed by atoms with Gasteiger partial charge in [-0.3, -0.25) is 9.59 Å². The van der Waals surface area contributed by atoms with E-state index in [0.29, 0.717) is 10.8 Å². The van der Waals surface area contributed by atoms with Crippen LogP contribution in [0.15, 0.2) is 29.1 Å². The molecule has 3 N–H and O–H groups in total. The molecule has 1 heterocycles. The minimum Gasteiger partial charge on any atom is -0.394 e. The van der Waals surface area contributed by atoms with Crippen molar-refractivity contribution in [2.24, 2.45) is 0 Å². The Kier molecular flexibility index (Phi) is 4.44. The summed E-state index contributed by atoms with van der Waals surface area (Å²) in [5, 5.41) is 18.7. The zero-order chi connectivity index (χ0) is 14.5. The highest BCUT2D eigenvalue weighted by molar-refractivity contribution is 6.04. The molecule has 106 valence electrons. The molecule has 0 radical (unpaired) electrons. The van der Waals surface area contributed by atoms with Gasteiger partial charge < -0.3 is 15.2 Å². The number of ether oxygens (including phenoxy) is 1. The molecule has 1 aromatic heterocycles. The van der Waals surface area contributed by atoms with Gasteiger partial charge in [0.2, 0.25) is 0 Å². The fourth-order valence-corrected chi connectivity index (χ4v) is 1.88. The van der Waals surface area contributed by atoms with E-state index in [-0.39, 0.29) is 24.5 Å². The summed E-state index contributed by atoms with van der Waals surface area (Å²) in [5.74, 6) is -0.478. The average Bonchev–Trinajstić information content (AvgIpc) is 2.47. The number of aliphatic hydroxyl groups excluding tert-OH is 1. The third-order valence-electron chi connectivity index (χ3n) is 2.83. The van der Waals surface area contributed by atoms with E-state index in [1.807, 2.05) is 0 Å². The van der Waals surface area contributed by atoms with E-state index in [4.69, 9.17) is 9.84 Å². The number of hydrogen-bond acceptors (Lipinski definition) is 5. The number of nitrogens with one attached hydrogen (secondary N) is 2. The predicted molar refractivity (Wildman–Crippen MR) is 72.6 cm³/mol. The normalized spacial score (nSPS) is 12.3. The first-order valence-corrected chi connectivity index (χ1v) is 6.05. The van der Waals surface area contributed by atoms with Crippen molar-refractivity contribution in [1.82, 2.24) is 15.5 Å². The Morgan fingerprint density at radius 1 is 1.45 bits per heavy atom. The smallest absolute Gasteiger partial charge is 0.272 e. The summed E-state index contributed by atoms with van der Waals surface area (Å²) in [6.45, 7) is -0.0651. The molecule has 2 aromatic rings. The fraction of sp³-hybridized carbons (Fsp3) is 0.308. The lowest BCUT2D eigenvalue weighted by Gasteiger charge is -2.15. The van der Waals surface area contributed by atoms with Crippen molar-refractivity contribution in [2.45, 2.75) is 6.04 Å². The summed E-state index contributed by atoms with van der Waals surface area (Å²) in [4.78, 5) is 23.8. The van der Waals surface area contributed by atoms with Crippen LogP contribution in [0.1, 0.15) is 10.5 Å². The molecule has 0 fully saturated rings. The molecule has 0 saturated heterocycles. The molecule has 0 bridgehead atoms. The number of aromatic amines is 1. The lowest BCUT2D eigenvalue weighted by atomic mass is 10.1. The van der Waals surface area contributed by atoms with Gasteiger partial charge in [0.1, 0.15) is 0 Å². The van der Waals surface area contributed by atoms with E-state index in [0.717, 1.165) is 0 Å². The Morgan fingerprint density at radius 2 is 2.15 bits per heavy atom. The predicted octanol–water partition coefficient (Wildman–Crippen LogP) is -0.340. The minimum atomic E-state index is -0.528. The van der Waals surface area contributed by atoms with E-state index in [1.54, 1.807) is 24.3 Å². The summed E-state index contributed by atoms with van der Waals surface area (Å²) in [5.41, 5.74) is -0.248. The van der Waals surface area contributed by atoms with E-state index >= 15 is 0 Å². The van der Waals surface area contributed by atoms with Gasteiger partial charge in [0.25, 0.3) is 11.5 Å². The minimum absolute atomic E-state index is 0.106. The Labute approximate surface area is 114 Å². The van der Waals surface area contributed by atoms with Crippen molar-refractivity contribution in [3.63, 3.8) is 0 Å². The Morgan fingerprint density at radius 3 is 2.80 bits per heavy atom. The highest BCUT2D eigenvalue weighted by Gasteiger charge is 2.17. The summed E-state index contributed by atoms with van der Waals surface area (Å²) in [6, 6.07) is 6.17. The molecular formula is C13H15N3O4. The van der Waals surface area contributed by atoms with Crippen LogP contribution in [0.5, 0.6) is 0 Å². The largest absolute Gasteiger partial charge is 0.394 e. The number of nitrogens with zero attached hydrogens (tertiary/aromatic N) is 1. The van der Waals surface area contributed by atoms with Crippen molar-refractivity contribution in [2.75, 3.05) is 20.3 Å². The molecule has 7 heteroatoms. The van der Waals surface area contributed by atoms with Crippen molar-refractivity contribution < 1.29 is 14.6 Å². The molecule has 0 aliphatic carbocycles. The molecule has 1 atom stereocenters. The third kappa shape index (κ3) is 2.84. The number of benzene rings is 1. The van der Waals surface area contributed by atoms with E-state index in [2.05, 4.69) is 15.5 Å². The molecule has 20 heavy (non-hydrogen) atoms. The van der Waals surface area contributed by atoms with Crippen molar-refractivity contribution >= 4 is 16.7 Å². The number of carbonyl (C=O) groups excluding carboxylic acids is 1. The van der Waals surface area contributed by atoms with Crippen LogP contribution < -0.4 is 10.9 Å². The van der Waals surface area contributed by atoms with Gasteiger partial charge in [0.05, 0.1) is 24.6 Å². The van der Waals surface area contributed by atoms with Crippen LogP contribution >= 0.6 is 0 Å². The lowest BCUT2D eigenvalue weighted by molar-refractivity contribution is 0.0836. The van der Waals surface area contributed by atoms with Gasteiger partial charge in [-0.2, -0.15) is 5.10 Å². The van der Waals surface area contributed by atoms with Crippen LogP contribution in [-0.2, 0) is 4.74 Å². The monoisotopic (exact) mass is 277 g/mol. The molecule has 2 rings (SSSR count). The quantitative estimate of drug-likeness (QED) is 0.693. The highest BCUT2D eigenvalue weighted by atomic mass is 16.5. The molecular weight excluding hydrogens is 262 g/mol. The van der Waals surface area contributed by atoms with E-state index < -0.39 is 11.9 Å². The first-order valence-electron chi connectivity index (χ1n) is 6.05. The summed E-state index contributed by atoms with van der Waals surface area (Å²) in [6.07, 6.45) is 0. The second-order valence-corrected chi connectivity index (χ2v) is 4.26. The lowest BCUT2D eigenvalue weighted by Crippen LogP contribution is -2.41. The van der Waals surface area contributed by atoms with Crippen LogP contribution in [0.3, 0.4) is 0 Å². The van der Waals surface area contributed by atoms with Crippen LogP contribution in [0, 0.1) is 0 Å². The second kappa shape index (κ2) is 6.27. The van der Waals surface area contributed by atoms with E-state index in [1.165, 1.54) is 7.11 Å². The third-order valence-corrected chi connectivity index (χ3v) is 2.83. The summed E-state index contributed by atoms with van der Waals surface area (Å²) in [7, 11) is 1.47. The standard InChI is InChI=1S/C13H15N3O4/c1-20-7-8(6-17)14-13(19)11-9-4-2-3-5-10(9)12(18)16-15-11/h2-5,8,17H,6-7H2,1H3,(H,14,19)(H,16,18). The molecule has 1 aromatic carbocycles. The SMILES string of the molecule is COCC(CO)NC(=O)c1n[nH]c(=O)c2ccccc12. The van der Waals surface area contributed by atoms with Crippen LogP contribution in [0.2, 0.25) is 0 Å². The maximum atomic E-state index is 12.2. The fourth-order valence-electron chi connectivity index (χ4n) is 1.88. The number of aromatic nitrogens is 2. The molecule has 1 amide bonds. The molecule has 1 unspecified atom stereocenters. The van der Waals surface area contributed by atoms with Gasteiger partial charge in [-0.25, -0.2) is 5.10 Å².